The summed E-state index contributed by atoms with van der Waals surface area (Å²) < 4.78 is 6.69. The van der Waals surface area contributed by atoms with Crippen molar-refractivity contribution in [3.05, 3.63) is 212 Å². The maximum atomic E-state index is 6.69. The predicted octanol–water partition coefficient (Wildman–Crippen LogP) is 15.2. The van der Waals surface area contributed by atoms with Gasteiger partial charge < -0.3 is 4.42 Å². The molecule has 9 aromatic carbocycles. The van der Waals surface area contributed by atoms with Crippen molar-refractivity contribution in [3.63, 3.8) is 0 Å². The average Bonchev–Trinajstić information content (AvgIpc) is 3.71. The van der Waals surface area contributed by atoms with Crippen LogP contribution in [0.25, 0.3) is 122 Å². The van der Waals surface area contributed by atoms with Gasteiger partial charge in [0, 0.05) is 54.7 Å². The molecule has 0 spiro atoms. The van der Waals surface area contributed by atoms with Crippen LogP contribution in [0.1, 0.15) is 0 Å². The zero-order valence-electron chi connectivity index (χ0n) is 33.0. The first-order valence-electron chi connectivity index (χ1n) is 20.6. The summed E-state index contributed by atoms with van der Waals surface area (Å²) in [7, 11) is 0. The summed E-state index contributed by atoms with van der Waals surface area (Å²) >= 11 is 0. The highest BCUT2D eigenvalue weighted by molar-refractivity contribution is 6.27. The Bertz CT molecular complexity index is 3610. The van der Waals surface area contributed by atoms with Crippen molar-refractivity contribution in [2.24, 2.45) is 0 Å². The van der Waals surface area contributed by atoms with Crippen LogP contribution in [0.5, 0.6) is 0 Å². The molecule has 0 saturated carbocycles. The second-order valence-electron chi connectivity index (χ2n) is 15.5. The normalized spacial score (nSPS) is 11.6. The van der Waals surface area contributed by atoms with E-state index >= 15 is 0 Å². The smallest absolute Gasteiger partial charge is 0.160 e. The van der Waals surface area contributed by atoms with E-state index in [-0.39, 0.29) is 0 Å². The molecule has 0 saturated heterocycles. The van der Waals surface area contributed by atoms with Crippen molar-refractivity contribution < 1.29 is 4.42 Å². The van der Waals surface area contributed by atoms with E-state index in [2.05, 4.69) is 182 Å². The minimum Gasteiger partial charge on any atom is -0.456 e. The molecule has 0 amide bonds. The molecule has 61 heavy (non-hydrogen) atoms. The van der Waals surface area contributed by atoms with E-state index in [0.29, 0.717) is 5.82 Å². The van der Waals surface area contributed by atoms with Gasteiger partial charge in [-0.1, -0.05) is 182 Å². The molecule has 0 atom stereocenters. The molecule has 0 N–H and O–H groups in total. The highest BCUT2D eigenvalue weighted by Gasteiger charge is 2.22. The molecule has 0 aliphatic heterocycles. The number of furan rings is 1. The van der Waals surface area contributed by atoms with Crippen molar-refractivity contribution in [1.29, 1.82) is 0 Å². The summed E-state index contributed by atoms with van der Waals surface area (Å²) in [5.41, 5.74) is 13.9. The average molecular weight is 778 g/mol. The quantitative estimate of drug-likeness (QED) is 0.158. The van der Waals surface area contributed by atoms with Crippen molar-refractivity contribution in [2.45, 2.75) is 0 Å². The third-order valence-electron chi connectivity index (χ3n) is 11.9. The van der Waals surface area contributed by atoms with E-state index in [9.17, 15) is 0 Å². The molecule has 12 rings (SSSR count). The molecule has 0 aliphatic carbocycles. The maximum Gasteiger partial charge on any atom is 0.160 e. The van der Waals surface area contributed by atoms with E-state index < -0.39 is 0 Å². The Hall–Kier alpha value is -8.21. The van der Waals surface area contributed by atoms with Crippen molar-refractivity contribution in [1.82, 2.24) is 15.0 Å². The standard InChI is InChI=1S/C57H35N3O/c1-3-13-36(14-4-1)38-23-30-41(31-24-38)56-47-34-52-55(46-20-10-12-22-51(46)61-52)53(54(47)45-19-9-11-21-48(45)58-56)40-28-26-39(27-29-40)49-35-50(60-57(59-49)42-16-5-2-6-17-42)44-32-25-37-15-7-8-18-43(37)33-44/h1-35H. The molecule has 4 nitrogen and oxygen atoms in total. The van der Waals surface area contributed by atoms with Crippen LogP contribution in [-0.4, -0.2) is 15.0 Å². The zero-order chi connectivity index (χ0) is 40.3. The number of para-hydroxylation sites is 2. The van der Waals surface area contributed by atoms with Crippen LogP contribution in [0.3, 0.4) is 0 Å². The second-order valence-corrected chi connectivity index (χ2v) is 15.5. The summed E-state index contributed by atoms with van der Waals surface area (Å²) in [6, 6.07) is 74.4. The van der Waals surface area contributed by atoms with Crippen LogP contribution >= 0.6 is 0 Å². The number of hydrogen-bond acceptors (Lipinski definition) is 4. The van der Waals surface area contributed by atoms with Gasteiger partial charge >= 0.3 is 0 Å². The summed E-state index contributed by atoms with van der Waals surface area (Å²) in [6.45, 7) is 0. The molecule has 12 aromatic rings. The van der Waals surface area contributed by atoms with Crippen molar-refractivity contribution in [3.8, 4) is 67.4 Å². The van der Waals surface area contributed by atoms with Crippen molar-refractivity contribution in [2.75, 3.05) is 0 Å². The number of aromatic nitrogens is 3. The second kappa shape index (κ2) is 14.3. The maximum absolute atomic E-state index is 6.69. The lowest BCUT2D eigenvalue weighted by molar-refractivity contribution is 0.669. The summed E-state index contributed by atoms with van der Waals surface area (Å²) in [4.78, 5) is 15.6. The van der Waals surface area contributed by atoms with Gasteiger partial charge in [0.2, 0.25) is 0 Å². The molecule has 0 radical (unpaired) electrons. The molecule has 0 aliphatic rings. The molecule has 4 heteroatoms. The van der Waals surface area contributed by atoms with E-state index in [1.807, 2.05) is 30.3 Å². The summed E-state index contributed by atoms with van der Waals surface area (Å²) in [5.74, 6) is 0.689. The molecular weight excluding hydrogens is 743 g/mol. The van der Waals surface area contributed by atoms with Gasteiger partial charge in [-0.25, -0.2) is 15.0 Å². The first kappa shape index (κ1) is 34.8. The van der Waals surface area contributed by atoms with Gasteiger partial charge in [0.05, 0.1) is 22.6 Å². The lowest BCUT2D eigenvalue weighted by atomic mass is 9.89. The minimum atomic E-state index is 0.689. The monoisotopic (exact) mass is 777 g/mol. The first-order valence-corrected chi connectivity index (χ1v) is 20.6. The van der Waals surface area contributed by atoms with Crippen LogP contribution < -0.4 is 0 Å². The Morgan fingerprint density at radius 3 is 1.67 bits per heavy atom. The van der Waals surface area contributed by atoms with E-state index in [4.69, 9.17) is 19.4 Å². The largest absolute Gasteiger partial charge is 0.456 e. The number of rotatable bonds is 6. The third-order valence-corrected chi connectivity index (χ3v) is 11.9. The first-order chi connectivity index (χ1) is 30.2. The number of pyridine rings is 1. The topological polar surface area (TPSA) is 51.8 Å². The Labute approximate surface area is 352 Å². The minimum absolute atomic E-state index is 0.689. The fourth-order valence-corrected chi connectivity index (χ4v) is 8.89. The number of hydrogen-bond donors (Lipinski definition) is 0. The predicted molar refractivity (Wildman–Crippen MR) is 252 cm³/mol. The summed E-state index contributed by atoms with van der Waals surface area (Å²) in [6.07, 6.45) is 0. The molecule has 3 heterocycles. The number of nitrogens with zero attached hydrogens (tertiary/aromatic N) is 3. The van der Waals surface area contributed by atoms with Gasteiger partial charge in [0.25, 0.3) is 0 Å². The van der Waals surface area contributed by atoms with E-state index in [1.54, 1.807) is 0 Å². The van der Waals surface area contributed by atoms with Gasteiger partial charge in [0.1, 0.15) is 11.2 Å². The van der Waals surface area contributed by atoms with Gasteiger partial charge in [-0.3, -0.25) is 0 Å². The summed E-state index contributed by atoms with van der Waals surface area (Å²) in [5, 5.41) is 7.82. The fraction of sp³-hybridized carbons (Fsp3) is 0. The van der Waals surface area contributed by atoms with E-state index in [0.717, 1.165) is 94.1 Å². The van der Waals surface area contributed by atoms with Crippen LogP contribution in [0.4, 0.5) is 0 Å². The lowest BCUT2D eigenvalue weighted by Gasteiger charge is -2.16. The zero-order valence-corrected chi connectivity index (χ0v) is 33.0. The molecule has 0 fully saturated rings. The molecule has 0 bridgehead atoms. The molecule has 0 unspecified atom stereocenters. The highest BCUT2D eigenvalue weighted by atomic mass is 16.3. The molecule has 284 valence electrons. The van der Waals surface area contributed by atoms with Crippen LogP contribution in [0.2, 0.25) is 0 Å². The van der Waals surface area contributed by atoms with Gasteiger partial charge in [-0.15, -0.1) is 0 Å². The van der Waals surface area contributed by atoms with Crippen LogP contribution in [0.15, 0.2) is 217 Å². The van der Waals surface area contributed by atoms with Gasteiger partial charge in [-0.2, -0.15) is 0 Å². The Morgan fingerprint density at radius 2 is 0.885 bits per heavy atom. The number of benzene rings is 9. The third kappa shape index (κ3) is 6.04. The Balaban J connectivity index is 1.06. The van der Waals surface area contributed by atoms with Crippen molar-refractivity contribution >= 4 is 54.4 Å². The Kier molecular flexibility index (Phi) is 8.13. The molecular formula is C57H35N3O. The fourth-order valence-electron chi connectivity index (χ4n) is 8.89. The van der Waals surface area contributed by atoms with Gasteiger partial charge in [0.15, 0.2) is 5.82 Å². The van der Waals surface area contributed by atoms with E-state index in [1.165, 1.54) is 21.9 Å². The van der Waals surface area contributed by atoms with Gasteiger partial charge in [-0.05, 0) is 57.8 Å². The van der Waals surface area contributed by atoms with Crippen LogP contribution in [0, 0.1) is 0 Å². The Morgan fingerprint density at radius 1 is 0.311 bits per heavy atom. The lowest BCUT2D eigenvalue weighted by Crippen LogP contribution is -1.96. The SMILES string of the molecule is c1ccc(-c2ccc(-c3nc4ccccc4c4c(-c5ccc(-c6cc(-c7ccc8ccccc8c7)nc(-c7ccccc7)n6)cc5)c5c(cc34)oc3ccccc35)cc2)cc1. The number of fused-ring (bicyclic) bond motifs is 7. The van der Waals surface area contributed by atoms with Crippen LogP contribution in [-0.2, 0) is 0 Å². The molecule has 3 aromatic heterocycles. The highest BCUT2D eigenvalue weighted by Crippen LogP contribution is 2.46.